The summed E-state index contributed by atoms with van der Waals surface area (Å²) in [6, 6.07) is 15.1. The van der Waals surface area contributed by atoms with Crippen molar-refractivity contribution in [3.8, 4) is 5.75 Å². The van der Waals surface area contributed by atoms with Crippen LogP contribution in [0.2, 0.25) is 0 Å². The Kier molecular flexibility index (Phi) is 4.80. The molecule has 20 heavy (non-hydrogen) atoms. The van der Waals surface area contributed by atoms with Gasteiger partial charge in [-0.15, -0.1) is 0 Å². The van der Waals surface area contributed by atoms with Crippen LogP contribution in [-0.4, -0.2) is 7.11 Å². The standard InChI is InChI=1S/C18H23NO/c1-13-8-9-16(10-14(13)2)12-19-15(3)17-6-5-7-18(11-17)20-4/h5-11,15,19H,12H2,1-4H3/t15-/m0/s1. The molecule has 0 saturated carbocycles. The van der Waals surface area contributed by atoms with E-state index in [2.05, 4.69) is 56.4 Å². The highest BCUT2D eigenvalue weighted by molar-refractivity contribution is 5.31. The first-order chi connectivity index (χ1) is 9.60. The van der Waals surface area contributed by atoms with Crippen LogP contribution in [-0.2, 0) is 6.54 Å². The van der Waals surface area contributed by atoms with E-state index >= 15 is 0 Å². The number of methoxy groups -OCH3 is 1. The molecule has 1 N–H and O–H groups in total. The Bertz CT molecular complexity index is 577. The third-order valence-corrected chi connectivity index (χ3v) is 3.78. The first kappa shape index (κ1) is 14.6. The lowest BCUT2D eigenvalue weighted by Crippen LogP contribution is -2.18. The average Bonchev–Trinajstić information content (AvgIpc) is 2.48. The molecule has 0 unspecified atom stereocenters. The zero-order chi connectivity index (χ0) is 14.5. The first-order valence-corrected chi connectivity index (χ1v) is 7.03. The summed E-state index contributed by atoms with van der Waals surface area (Å²) in [7, 11) is 1.70. The maximum Gasteiger partial charge on any atom is 0.119 e. The normalized spacial score (nSPS) is 12.2. The van der Waals surface area contributed by atoms with Gasteiger partial charge in [0, 0.05) is 12.6 Å². The summed E-state index contributed by atoms with van der Waals surface area (Å²) in [4.78, 5) is 0. The van der Waals surface area contributed by atoms with Crippen LogP contribution in [0.25, 0.3) is 0 Å². The van der Waals surface area contributed by atoms with E-state index in [1.54, 1.807) is 7.11 Å². The smallest absolute Gasteiger partial charge is 0.119 e. The molecule has 0 aromatic heterocycles. The molecule has 2 rings (SSSR count). The van der Waals surface area contributed by atoms with Crippen molar-refractivity contribution in [1.82, 2.24) is 5.32 Å². The monoisotopic (exact) mass is 269 g/mol. The van der Waals surface area contributed by atoms with Crippen molar-refractivity contribution in [2.75, 3.05) is 7.11 Å². The molecule has 0 saturated heterocycles. The predicted octanol–water partition coefficient (Wildman–Crippen LogP) is 4.16. The van der Waals surface area contributed by atoms with Gasteiger partial charge in [0.15, 0.2) is 0 Å². The molecule has 0 bridgehead atoms. The Morgan fingerprint density at radius 3 is 2.55 bits per heavy atom. The third kappa shape index (κ3) is 3.61. The third-order valence-electron chi connectivity index (χ3n) is 3.78. The second kappa shape index (κ2) is 6.58. The molecule has 0 amide bonds. The van der Waals surface area contributed by atoms with Crippen molar-refractivity contribution in [3.63, 3.8) is 0 Å². The summed E-state index contributed by atoms with van der Waals surface area (Å²) in [6.45, 7) is 7.35. The molecule has 0 radical (unpaired) electrons. The molecule has 2 aromatic carbocycles. The summed E-state index contributed by atoms with van der Waals surface area (Å²) in [5, 5.41) is 3.56. The van der Waals surface area contributed by atoms with Gasteiger partial charge >= 0.3 is 0 Å². The Hall–Kier alpha value is -1.80. The topological polar surface area (TPSA) is 21.3 Å². The molecular formula is C18H23NO. The van der Waals surface area contributed by atoms with Crippen molar-refractivity contribution in [3.05, 3.63) is 64.7 Å². The summed E-state index contributed by atoms with van der Waals surface area (Å²) in [6.07, 6.45) is 0. The van der Waals surface area contributed by atoms with Gasteiger partial charge in [-0.1, -0.05) is 30.3 Å². The first-order valence-electron chi connectivity index (χ1n) is 7.03. The van der Waals surface area contributed by atoms with Gasteiger partial charge in [0.2, 0.25) is 0 Å². The van der Waals surface area contributed by atoms with Gasteiger partial charge in [0.05, 0.1) is 7.11 Å². The molecule has 0 fully saturated rings. The van der Waals surface area contributed by atoms with Crippen LogP contribution in [0, 0.1) is 13.8 Å². The van der Waals surface area contributed by atoms with Gasteiger partial charge in [0.25, 0.3) is 0 Å². The fourth-order valence-electron chi connectivity index (χ4n) is 2.21. The van der Waals surface area contributed by atoms with E-state index in [0.29, 0.717) is 6.04 Å². The minimum Gasteiger partial charge on any atom is -0.497 e. The number of hydrogen-bond acceptors (Lipinski definition) is 2. The largest absolute Gasteiger partial charge is 0.497 e. The second-order valence-electron chi connectivity index (χ2n) is 5.30. The van der Waals surface area contributed by atoms with Crippen LogP contribution in [0.1, 0.15) is 35.2 Å². The summed E-state index contributed by atoms with van der Waals surface area (Å²) in [5.41, 5.74) is 5.25. The van der Waals surface area contributed by atoms with Crippen LogP contribution in [0.3, 0.4) is 0 Å². The Labute approximate surface area is 121 Å². The Balaban J connectivity index is 2.00. The van der Waals surface area contributed by atoms with Crippen molar-refractivity contribution in [2.45, 2.75) is 33.4 Å². The zero-order valence-electron chi connectivity index (χ0n) is 12.7. The molecule has 2 aromatic rings. The van der Waals surface area contributed by atoms with Crippen molar-refractivity contribution in [2.24, 2.45) is 0 Å². The number of benzene rings is 2. The van der Waals surface area contributed by atoms with E-state index in [0.717, 1.165) is 12.3 Å². The highest BCUT2D eigenvalue weighted by atomic mass is 16.5. The van der Waals surface area contributed by atoms with Gasteiger partial charge in [-0.05, 0) is 55.2 Å². The van der Waals surface area contributed by atoms with Gasteiger partial charge in [-0.3, -0.25) is 0 Å². The van der Waals surface area contributed by atoms with Crippen molar-refractivity contribution >= 4 is 0 Å². The van der Waals surface area contributed by atoms with E-state index in [9.17, 15) is 0 Å². The van der Waals surface area contributed by atoms with Crippen LogP contribution < -0.4 is 10.1 Å². The highest BCUT2D eigenvalue weighted by Gasteiger charge is 2.06. The van der Waals surface area contributed by atoms with Gasteiger partial charge < -0.3 is 10.1 Å². The zero-order valence-corrected chi connectivity index (χ0v) is 12.7. The van der Waals surface area contributed by atoms with E-state index in [1.807, 2.05) is 12.1 Å². The maximum atomic E-state index is 5.27. The van der Waals surface area contributed by atoms with Crippen LogP contribution in [0.15, 0.2) is 42.5 Å². The van der Waals surface area contributed by atoms with E-state index in [4.69, 9.17) is 4.74 Å². The lowest BCUT2D eigenvalue weighted by Gasteiger charge is -2.15. The quantitative estimate of drug-likeness (QED) is 0.880. The minimum atomic E-state index is 0.298. The molecule has 0 aliphatic heterocycles. The van der Waals surface area contributed by atoms with E-state index in [1.165, 1.54) is 22.3 Å². The number of aryl methyl sites for hydroxylation is 2. The molecule has 0 spiro atoms. The fraction of sp³-hybridized carbons (Fsp3) is 0.333. The lowest BCUT2D eigenvalue weighted by atomic mass is 10.0. The molecule has 2 nitrogen and oxygen atoms in total. The molecule has 1 atom stereocenters. The number of rotatable bonds is 5. The predicted molar refractivity (Wildman–Crippen MR) is 84.2 cm³/mol. The number of nitrogens with one attached hydrogen (secondary N) is 1. The van der Waals surface area contributed by atoms with E-state index in [-0.39, 0.29) is 0 Å². The SMILES string of the molecule is COc1cccc([C@H](C)NCc2ccc(C)c(C)c2)c1. The number of hydrogen-bond donors (Lipinski definition) is 1. The van der Waals surface area contributed by atoms with Gasteiger partial charge in [-0.2, -0.15) is 0 Å². The fourth-order valence-corrected chi connectivity index (χ4v) is 2.21. The molecule has 0 aliphatic rings. The maximum absolute atomic E-state index is 5.27. The summed E-state index contributed by atoms with van der Waals surface area (Å²) >= 11 is 0. The summed E-state index contributed by atoms with van der Waals surface area (Å²) in [5.74, 6) is 0.905. The van der Waals surface area contributed by atoms with Crippen molar-refractivity contribution in [1.29, 1.82) is 0 Å². The van der Waals surface area contributed by atoms with Crippen molar-refractivity contribution < 1.29 is 4.74 Å². The second-order valence-corrected chi connectivity index (χ2v) is 5.30. The van der Waals surface area contributed by atoms with Crippen LogP contribution in [0.4, 0.5) is 0 Å². The highest BCUT2D eigenvalue weighted by Crippen LogP contribution is 2.19. The Morgan fingerprint density at radius 1 is 1.05 bits per heavy atom. The Morgan fingerprint density at radius 2 is 1.85 bits per heavy atom. The van der Waals surface area contributed by atoms with Crippen LogP contribution in [0.5, 0.6) is 5.75 Å². The minimum absolute atomic E-state index is 0.298. The number of ether oxygens (including phenoxy) is 1. The van der Waals surface area contributed by atoms with E-state index < -0.39 is 0 Å². The van der Waals surface area contributed by atoms with Gasteiger partial charge in [-0.25, -0.2) is 0 Å². The molecular weight excluding hydrogens is 246 g/mol. The van der Waals surface area contributed by atoms with Crippen LogP contribution >= 0.6 is 0 Å². The van der Waals surface area contributed by atoms with Gasteiger partial charge in [0.1, 0.15) is 5.75 Å². The molecule has 0 heterocycles. The molecule has 2 heteroatoms. The average molecular weight is 269 g/mol. The molecule has 0 aliphatic carbocycles. The summed E-state index contributed by atoms with van der Waals surface area (Å²) < 4.78 is 5.27. The molecule has 106 valence electrons. The lowest BCUT2D eigenvalue weighted by molar-refractivity contribution is 0.413.